The van der Waals surface area contributed by atoms with Crippen molar-refractivity contribution in [3.63, 3.8) is 0 Å². The van der Waals surface area contributed by atoms with Gasteiger partial charge in [0.2, 0.25) is 0 Å². The standard InChI is InChI=1S/C25H40N2O5Si/c1-9-19(3)22(26-23(28)31-17-20-14-12-11-13-15-20)16-27(24(29)30)21(10-2)18-32-33(7,8)25(4,5)6/h9-15,19,21-22H,1-2,16-18H2,3-8H3,(H,26,28)(H,29,30)/t19-,21-,22-/m1/s1. The van der Waals surface area contributed by atoms with E-state index in [1.54, 1.807) is 12.2 Å². The van der Waals surface area contributed by atoms with Crippen molar-refractivity contribution in [2.75, 3.05) is 13.2 Å². The second kappa shape index (κ2) is 12.6. The van der Waals surface area contributed by atoms with E-state index in [1.807, 2.05) is 37.3 Å². The summed E-state index contributed by atoms with van der Waals surface area (Å²) in [6.07, 6.45) is 1.52. The molecule has 0 unspecified atom stereocenters. The molecule has 0 radical (unpaired) electrons. The number of amides is 2. The maximum absolute atomic E-state index is 12.4. The first kappa shape index (κ1) is 28.4. The molecule has 0 spiro atoms. The normalized spacial score (nSPS) is 14.5. The van der Waals surface area contributed by atoms with Crippen molar-refractivity contribution in [3.05, 3.63) is 61.2 Å². The number of carbonyl (C=O) groups is 2. The van der Waals surface area contributed by atoms with E-state index < -0.39 is 32.6 Å². The van der Waals surface area contributed by atoms with Crippen LogP contribution in [0.5, 0.6) is 0 Å². The SMILES string of the molecule is C=C[C@@H](C)[C@@H](CN(C(=O)O)[C@H](C=C)CO[Si](C)(C)C(C)(C)C)NC(=O)OCc1ccccc1. The van der Waals surface area contributed by atoms with E-state index in [4.69, 9.17) is 9.16 Å². The Morgan fingerprint density at radius 1 is 1.18 bits per heavy atom. The van der Waals surface area contributed by atoms with Gasteiger partial charge in [-0.25, -0.2) is 9.59 Å². The van der Waals surface area contributed by atoms with Crippen LogP contribution >= 0.6 is 0 Å². The maximum atomic E-state index is 12.4. The molecule has 0 aliphatic rings. The largest absolute Gasteiger partial charge is 0.465 e. The van der Waals surface area contributed by atoms with E-state index in [-0.39, 0.29) is 30.7 Å². The molecular formula is C25H40N2O5Si. The van der Waals surface area contributed by atoms with Gasteiger partial charge in [0.1, 0.15) is 6.61 Å². The zero-order chi connectivity index (χ0) is 25.2. The van der Waals surface area contributed by atoms with Crippen LogP contribution < -0.4 is 5.32 Å². The van der Waals surface area contributed by atoms with Gasteiger partial charge < -0.3 is 19.6 Å². The molecule has 2 N–H and O–H groups in total. The van der Waals surface area contributed by atoms with Crippen molar-refractivity contribution in [2.45, 2.75) is 64.5 Å². The monoisotopic (exact) mass is 476 g/mol. The van der Waals surface area contributed by atoms with Gasteiger partial charge in [0.15, 0.2) is 8.32 Å². The van der Waals surface area contributed by atoms with Gasteiger partial charge in [-0.3, -0.25) is 4.90 Å². The molecule has 0 bridgehead atoms. The van der Waals surface area contributed by atoms with E-state index in [2.05, 4.69) is 52.3 Å². The minimum Gasteiger partial charge on any atom is -0.465 e. The number of rotatable bonds is 12. The van der Waals surface area contributed by atoms with Crippen molar-refractivity contribution in [1.29, 1.82) is 0 Å². The summed E-state index contributed by atoms with van der Waals surface area (Å²) in [4.78, 5) is 25.8. The van der Waals surface area contributed by atoms with Crippen molar-refractivity contribution in [2.24, 2.45) is 5.92 Å². The van der Waals surface area contributed by atoms with E-state index in [1.165, 1.54) is 4.90 Å². The molecule has 0 heterocycles. The Labute approximate surface area is 199 Å². The predicted octanol–water partition coefficient (Wildman–Crippen LogP) is 5.66. The van der Waals surface area contributed by atoms with Gasteiger partial charge in [-0.15, -0.1) is 13.2 Å². The Kier molecular flexibility index (Phi) is 10.9. The van der Waals surface area contributed by atoms with Gasteiger partial charge in [-0.1, -0.05) is 70.2 Å². The Balaban J connectivity index is 2.89. The maximum Gasteiger partial charge on any atom is 0.407 e. The number of nitrogens with one attached hydrogen (secondary N) is 1. The second-order valence-corrected chi connectivity index (χ2v) is 14.5. The number of ether oxygens (including phenoxy) is 1. The van der Waals surface area contributed by atoms with Crippen LogP contribution in [0.2, 0.25) is 18.1 Å². The lowest BCUT2D eigenvalue weighted by atomic mass is 10.0. The molecule has 0 fully saturated rings. The van der Waals surface area contributed by atoms with E-state index in [0.717, 1.165) is 5.56 Å². The summed E-state index contributed by atoms with van der Waals surface area (Å²) in [5.41, 5.74) is 0.864. The number of nitrogens with zero attached hydrogens (tertiary/aromatic N) is 1. The molecule has 7 nitrogen and oxygen atoms in total. The quantitative estimate of drug-likeness (QED) is 0.300. The average molecular weight is 477 g/mol. The summed E-state index contributed by atoms with van der Waals surface area (Å²) < 4.78 is 11.6. The molecule has 3 atom stereocenters. The van der Waals surface area contributed by atoms with Crippen molar-refractivity contribution < 1.29 is 23.9 Å². The summed E-state index contributed by atoms with van der Waals surface area (Å²) in [5.74, 6) is -0.192. The number of benzene rings is 1. The molecule has 1 rings (SSSR count). The second-order valence-electron chi connectivity index (χ2n) is 9.72. The lowest BCUT2D eigenvalue weighted by molar-refractivity contribution is 0.0990. The minimum atomic E-state index is -2.08. The van der Waals surface area contributed by atoms with Gasteiger partial charge in [-0.05, 0) is 29.6 Å². The fourth-order valence-electron chi connectivity index (χ4n) is 2.79. The van der Waals surface area contributed by atoms with Crippen LogP contribution in [0.4, 0.5) is 9.59 Å². The van der Waals surface area contributed by atoms with Crippen LogP contribution in [-0.2, 0) is 15.8 Å². The third-order valence-electron chi connectivity index (χ3n) is 6.26. The number of carbonyl (C=O) groups excluding carboxylic acids is 1. The van der Waals surface area contributed by atoms with Gasteiger partial charge >= 0.3 is 12.2 Å². The zero-order valence-electron chi connectivity index (χ0n) is 20.8. The third kappa shape index (κ3) is 9.05. The Hall–Kier alpha value is -2.58. The summed E-state index contributed by atoms with van der Waals surface area (Å²) in [6.45, 7) is 20.5. The van der Waals surface area contributed by atoms with Crippen LogP contribution in [0.1, 0.15) is 33.3 Å². The molecule has 0 aromatic heterocycles. The molecule has 8 heteroatoms. The highest BCUT2D eigenvalue weighted by atomic mass is 28.4. The fourth-order valence-corrected chi connectivity index (χ4v) is 3.81. The van der Waals surface area contributed by atoms with Gasteiger partial charge in [0, 0.05) is 6.54 Å². The van der Waals surface area contributed by atoms with Gasteiger partial charge in [-0.2, -0.15) is 0 Å². The van der Waals surface area contributed by atoms with Crippen LogP contribution in [0.25, 0.3) is 0 Å². The Morgan fingerprint density at radius 2 is 1.79 bits per heavy atom. The first-order chi connectivity index (χ1) is 15.3. The van der Waals surface area contributed by atoms with E-state index in [0.29, 0.717) is 0 Å². The molecule has 2 amide bonds. The molecule has 1 aromatic carbocycles. The molecule has 0 aliphatic carbocycles. The molecule has 33 heavy (non-hydrogen) atoms. The molecule has 0 aliphatic heterocycles. The highest BCUT2D eigenvalue weighted by Gasteiger charge is 2.38. The lowest BCUT2D eigenvalue weighted by Crippen LogP contribution is -2.53. The predicted molar refractivity (Wildman–Crippen MR) is 135 cm³/mol. The molecule has 184 valence electrons. The number of hydrogen-bond donors (Lipinski definition) is 2. The first-order valence-corrected chi connectivity index (χ1v) is 14.1. The van der Waals surface area contributed by atoms with E-state index >= 15 is 0 Å². The Bertz CT molecular complexity index is 792. The third-order valence-corrected chi connectivity index (χ3v) is 10.8. The summed E-state index contributed by atoms with van der Waals surface area (Å²) >= 11 is 0. The van der Waals surface area contributed by atoms with Crippen LogP contribution in [0.15, 0.2) is 55.6 Å². The summed E-state index contributed by atoms with van der Waals surface area (Å²) in [6, 6.07) is 8.25. The average Bonchev–Trinajstić information content (AvgIpc) is 2.75. The van der Waals surface area contributed by atoms with Crippen molar-refractivity contribution in [3.8, 4) is 0 Å². The highest BCUT2D eigenvalue weighted by molar-refractivity contribution is 6.74. The molecule has 0 saturated carbocycles. The summed E-state index contributed by atoms with van der Waals surface area (Å²) in [7, 11) is -2.08. The molecular weight excluding hydrogens is 436 g/mol. The molecule has 0 saturated heterocycles. The van der Waals surface area contributed by atoms with Gasteiger partial charge in [0.25, 0.3) is 0 Å². The van der Waals surface area contributed by atoms with Crippen molar-refractivity contribution in [1.82, 2.24) is 10.2 Å². The van der Waals surface area contributed by atoms with Gasteiger partial charge in [0.05, 0.1) is 18.7 Å². The van der Waals surface area contributed by atoms with Crippen molar-refractivity contribution >= 4 is 20.5 Å². The number of carboxylic acid groups (broad SMARTS) is 1. The minimum absolute atomic E-state index is 0.00324. The van der Waals surface area contributed by atoms with E-state index in [9.17, 15) is 14.7 Å². The van der Waals surface area contributed by atoms with Crippen LogP contribution in [-0.4, -0.2) is 55.7 Å². The van der Waals surface area contributed by atoms with Crippen LogP contribution in [0, 0.1) is 5.92 Å². The number of hydrogen-bond acceptors (Lipinski definition) is 4. The lowest BCUT2D eigenvalue weighted by Gasteiger charge is -2.39. The first-order valence-electron chi connectivity index (χ1n) is 11.2. The smallest absolute Gasteiger partial charge is 0.407 e. The topological polar surface area (TPSA) is 88.1 Å². The van der Waals surface area contributed by atoms with Crippen LogP contribution in [0.3, 0.4) is 0 Å². The zero-order valence-corrected chi connectivity index (χ0v) is 21.8. The summed E-state index contributed by atoms with van der Waals surface area (Å²) in [5, 5.41) is 12.7. The fraction of sp³-hybridized carbons (Fsp3) is 0.520. The number of alkyl carbamates (subject to hydrolysis) is 1. The molecule has 1 aromatic rings. The Morgan fingerprint density at radius 3 is 2.27 bits per heavy atom. The highest BCUT2D eigenvalue weighted by Crippen LogP contribution is 2.36.